The van der Waals surface area contributed by atoms with Crippen LogP contribution in [-0.2, 0) is 4.79 Å². The molecule has 0 amide bonds. The van der Waals surface area contributed by atoms with E-state index in [1.165, 1.54) is 0 Å². The highest BCUT2D eigenvalue weighted by molar-refractivity contribution is 6.39. The van der Waals surface area contributed by atoms with Gasteiger partial charge in [-0.2, -0.15) is 0 Å². The molecule has 0 saturated carbocycles. The molecule has 0 radical (unpaired) electrons. The van der Waals surface area contributed by atoms with Crippen molar-refractivity contribution in [3.05, 3.63) is 22.9 Å². The fraction of sp³-hybridized carbons (Fsp3) is 0.286. The molecule has 0 aromatic carbocycles. The summed E-state index contributed by atoms with van der Waals surface area (Å²) >= 11 is 10.9. The number of aliphatic carboxylic acids is 1. The van der Waals surface area contributed by atoms with E-state index < -0.39 is 22.7 Å². The number of hydrogen-bond donors (Lipinski definition) is 3. The molecule has 0 bridgehead atoms. The minimum absolute atomic E-state index is 0.237. The van der Waals surface area contributed by atoms with Crippen molar-refractivity contribution in [2.45, 2.75) is 5.06 Å². The minimum atomic E-state index is -2.27. The van der Waals surface area contributed by atoms with Crippen molar-refractivity contribution in [3.63, 3.8) is 0 Å². The maximum atomic E-state index is 10.6. The summed E-state index contributed by atoms with van der Waals surface area (Å²) in [6.45, 7) is 0. The molecule has 3 N–H and O–H groups in total. The Kier molecular flexibility index (Phi) is 2.56. The van der Waals surface area contributed by atoms with Crippen LogP contribution in [0.3, 0.4) is 0 Å². The maximum absolute atomic E-state index is 10.6. The van der Waals surface area contributed by atoms with E-state index in [2.05, 4.69) is 0 Å². The Labute approximate surface area is 83.7 Å². The number of hydrogen-bond acceptors (Lipinski definition) is 3. The first kappa shape index (κ1) is 10.4. The summed E-state index contributed by atoms with van der Waals surface area (Å²) in [4.78, 5) is 10.6. The number of halogens is 2. The lowest BCUT2D eigenvalue weighted by atomic mass is 9.95. The van der Waals surface area contributed by atoms with Gasteiger partial charge in [0.25, 0.3) is 0 Å². The summed E-state index contributed by atoms with van der Waals surface area (Å²) in [5.74, 6) is -3.61. The molecular formula is C7H6Cl2O4. The molecule has 4 nitrogen and oxygen atoms in total. The summed E-state index contributed by atoms with van der Waals surface area (Å²) in [5.41, 5.74) is 0. The van der Waals surface area contributed by atoms with E-state index in [1.807, 2.05) is 0 Å². The molecule has 0 spiro atoms. The normalized spacial score (nSPS) is 33.6. The average Bonchev–Trinajstić information content (AvgIpc) is 1.96. The van der Waals surface area contributed by atoms with Crippen LogP contribution in [0.2, 0.25) is 0 Å². The van der Waals surface area contributed by atoms with E-state index >= 15 is 0 Å². The predicted molar refractivity (Wildman–Crippen MR) is 46.6 cm³/mol. The minimum Gasteiger partial charge on any atom is -0.511 e. The maximum Gasteiger partial charge on any atom is 0.318 e. The molecule has 1 aliphatic rings. The van der Waals surface area contributed by atoms with Gasteiger partial charge in [-0.3, -0.25) is 4.79 Å². The van der Waals surface area contributed by atoms with Gasteiger partial charge in [-0.25, -0.2) is 0 Å². The van der Waals surface area contributed by atoms with Crippen LogP contribution in [0.25, 0.3) is 0 Å². The van der Waals surface area contributed by atoms with Crippen LogP contribution in [0.1, 0.15) is 0 Å². The third kappa shape index (κ3) is 1.65. The lowest BCUT2D eigenvalue weighted by Crippen LogP contribution is -2.40. The van der Waals surface area contributed by atoms with Crippen LogP contribution in [0.15, 0.2) is 22.9 Å². The Bertz CT molecular complexity index is 306. The number of aliphatic hydroxyl groups excluding tert-OH is 1. The summed E-state index contributed by atoms with van der Waals surface area (Å²) in [5, 5.41) is 24.7. The van der Waals surface area contributed by atoms with Crippen LogP contribution in [0.4, 0.5) is 0 Å². The molecular weight excluding hydrogens is 219 g/mol. The highest BCUT2D eigenvalue weighted by Crippen LogP contribution is 2.39. The van der Waals surface area contributed by atoms with E-state index in [9.17, 15) is 9.90 Å². The standard InChI is InChI=1S/C7H6Cl2O4/c8-4-2-1-3(10)5(6(11)12)7(4,9)13/h1-2,5,10,13H,(H,11,12). The van der Waals surface area contributed by atoms with E-state index in [1.54, 1.807) is 0 Å². The van der Waals surface area contributed by atoms with Gasteiger partial charge in [-0.15, -0.1) is 0 Å². The number of rotatable bonds is 1. The molecule has 1 rings (SSSR count). The molecule has 0 aliphatic heterocycles. The first-order valence-corrected chi connectivity index (χ1v) is 4.04. The molecule has 2 atom stereocenters. The van der Waals surface area contributed by atoms with Crippen molar-refractivity contribution in [1.82, 2.24) is 0 Å². The monoisotopic (exact) mass is 224 g/mol. The highest BCUT2D eigenvalue weighted by Gasteiger charge is 2.47. The first-order valence-electron chi connectivity index (χ1n) is 3.28. The van der Waals surface area contributed by atoms with Gasteiger partial charge in [-0.1, -0.05) is 23.2 Å². The third-order valence-corrected chi connectivity index (χ3v) is 2.59. The van der Waals surface area contributed by atoms with Crippen molar-refractivity contribution in [1.29, 1.82) is 0 Å². The highest BCUT2D eigenvalue weighted by atomic mass is 35.5. The van der Waals surface area contributed by atoms with Gasteiger partial charge in [0.1, 0.15) is 5.76 Å². The van der Waals surface area contributed by atoms with Crippen LogP contribution in [-0.4, -0.2) is 26.3 Å². The number of alkyl halides is 1. The van der Waals surface area contributed by atoms with Gasteiger partial charge in [0.05, 0.1) is 5.03 Å². The Morgan fingerprint density at radius 3 is 2.46 bits per heavy atom. The molecule has 6 heteroatoms. The van der Waals surface area contributed by atoms with Crippen molar-refractivity contribution in [3.8, 4) is 0 Å². The quantitative estimate of drug-likeness (QED) is 0.585. The molecule has 0 aromatic rings. The average molecular weight is 225 g/mol. The fourth-order valence-electron chi connectivity index (χ4n) is 0.996. The Morgan fingerprint density at radius 1 is 1.54 bits per heavy atom. The van der Waals surface area contributed by atoms with Gasteiger partial charge in [-0.05, 0) is 12.2 Å². The molecule has 0 heterocycles. The predicted octanol–water partition coefficient (Wildman–Crippen LogP) is 1.19. The molecule has 1 aliphatic carbocycles. The second kappa shape index (κ2) is 3.21. The van der Waals surface area contributed by atoms with Crippen molar-refractivity contribution in [2.75, 3.05) is 0 Å². The molecule has 72 valence electrons. The topological polar surface area (TPSA) is 77.8 Å². The number of carboxylic acids is 1. The van der Waals surface area contributed by atoms with E-state index in [-0.39, 0.29) is 5.03 Å². The first-order chi connectivity index (χ1) is 5.87. The van der Waals surface area contributed by atoms with Crippen molar-refractivity contribution < 1.29 is 20.1 Å². The Hall–Kier alpha value is -0.710. The van der Waals surface area contributed by atoms with Gasteiger partial charge in [0, 0.05) is 0 Å². The van der Waals surface area contributed by atoms with Crippen LogP contribution < -0.4 is 0 Å². The zero-order valence-corrected chi connectivity index (χ0v) is 7.75. The largest absolute Gasteiger partial charge is 0.511 e. The lowest BCUT2D eigenvalue weighted by molar-refractivity contribution is -0.145. The summed E-state index contributed by atoms with van der Waals surface area (Å²) in [6.07, 6.45) is 2.22. The Morgan fingerprint density at radius 2 is 2.08 bits per heavy atom. The van der Waals surface area contributed by atoms with Crippen LogP contribution >= 0.6 is 23.2 Å². The second-order valence-corrected chi connectivity index (χ2v) is 3.53. The SMILES string of the molecule is O=C(O)C1C(O)=CC=C(Cl)C1(O)Cl. The number of allylic oxidation sites excluding steroid dienone is 2. The van der Waals surface area contributed by atoms with E-state index in [0.29, 0.717) is 0 Å². The fourth-order valence-corrected chi connectivity index (χ4v) is 1.44. The van der Waals surface area contributed by atoms with E-state index in [0.717, 1.165) is 12.2 Å². The van der Waals surface area contributed by atoms with Crippen molar-refractivity contribution >= 4 is 29.2 Å². The molecule has 2 unspecified atom stereocenters. The number of aliphatic hydroxyl groups is 2. The number of carbonyl (C=O) groups is 1. The summed E-state index contributed by atoms with van der Waals surface area (Å²) < 4.78 is 0. The molecule has 0 aromatic heterocycles. The summed E-state index contributed by atoms with van der Waals surface area (Å²) in [6, 6.07) is 0. The number of carboxylic acid groups (broad SMARTS) is 1. The van der Waals surface area contributed by atoms with Crippen molar-refractivity contribution in [2.24, 2.45) is 5.92 Å². The zero-order valence-electron chi connectivity index (χ0n) is 6.24. The third-order valence-electron chi connectivity index (χ3n) is 1.66. The van der Waals surface area contributed by atoms with Gasteiger partial charge in [0.15, 0.2) is 11.0 Å². The smallest absolute Gasteiger partial charge is 0.318 e. The van der Waals surface area contributed by atoms with E-state index in [4.69, 9.17) is 33.4 Å². The van der Waals surface area contributed by atoms with Gasteiger partial charge < -0.3 is 15.3 Å². The van der Waals surface area contributed by atoms with Gasteiger partial charge in [0.2, 0.25) is 0 Å². The molecule has 13 heavy (non-hydrogen) atoms. The molecule has 0 saturated heterocycles. The zero-order chi connectivity index (χ0) is 10.2. The van der Waals surface area contributed by atoms with Gasteiger partial charge >= 0.3 is 5.97 Å². The second-order valence-electron chi connectivity index (χ2n) is 2.55. The van der Waals surface area contributed by atoms with Crippen LogP contribution in [0, 0.1) is 5.92 Å². The Balaban J connectivity index is 3.15. The molecule has 0 fully saturated rings. The lowest BCUT2D eigenvalue weighted by Gasteiger charge is -2.28. The van der Waals surface area contributed by atoms with Crippen LogP contribution in [0.5, 0.6) is 0 Å². The summed E-state index contributed by atoms with van der Waals surface area (Å²) in [7, 11) is 0.